The molecule has 32 heavy (non-hydrogen) atoms. The number of carbonyl (C=O) groups excluding carboxylic acids is 2. The van der Waals surface area contributed by atoms with Gasteiger partial charge in [0.1, 0.15) is 21.3 Å². The van der Waals surface area contributed by atoms with E-state index in [-0.39, 0.29) is 11.9 Å². The second-order valence-corrected chi connectivity index (χ2v) is 8.73. The minimum atomic E-state index is -0.314. The van der Waals surface area contributed by atoms with Gasteiger partial charge in [-0.3, -0.25) is 9.69 Å². The number of ether oxygens (including phenoxy) is 1. The van der Waals surface area contributed by atoms with Crippen molar-refractivity contribution in [1.82, 2.24) is 14.9 Å². The van der Waals surface area contributed by atoms with Crippen LogP contribution in [-0.4, -0.2) is 66.1 Å². The van der Waals surface area contributed by atoms with E-state index in [9.17, 15) is 9.59 Å². The zero-order chi connectivity index (χ0) is 22.7. The van der Waals surface area contributed by atoms with Gasteiger partial charge in [-0.1, -0.05) is 18.2 Å². The molecule has 3 aromatic rings. The van der Waals surface area contributed by atoms with Crippen molar-refractivity contribution < 1.29 is 14.3 Å². The fourth-order valence-electron chi connectivity index (χ4n) is 3.88. The maximum Gasteiger partial charge on any atom is 0.348 e. The highest BCUT2D eigenvalue weighted by Gasteiger charge is 2.26. The Labute approximate surface area is 191 Å². The van der Waals surface area contributed by atoms with E-state index < -0.39 is 0 Å². The monoisotopic (exact) mass is 453 g/mol. The van der Waals surface area contributed by atoms with Gasteiger partial charge in [0.25, 0.3) is 0 Å². The van der Waals surface area contributed by atoms with E-state index in [0.29, 0.717) is 23.9 Å². The van der Waals surface area contributed by atoms with Crippen LogP contribution < -0.4 is 10.2 Å². The van der Waals surface area contributed by atoms with Crippen LogP contribution in [0.2, 0.25) is 0 Å². The Kier molecular flexibility index (Phi) is 6.66. The second kappa shape index (κ2) is 9.62. The third-order valence-corrected chi connectivity index (χ3v) is 6.61. The number of aryl methyl sites for hydroxylation is 2. The number of thiophene rings is 1. The lowest BCUT2D eigenvalue weighted by atomic mass is 10.1. The van der Waals surface area contributed by atoms with Crippen LogP contribution in [0.25, 0.3) is 10.2 Å². The fourth-order valence-corrected chi connectivity index (χ4v) is 5.00. The fraction of sp³-hybridized carbons (Fsp3) is 0.391. The molecule has 8 nitrogen and oxygen atoms in total. The van der Waals surface area contributed by atoms with Gasteiger partial charge in [0.15, 0.2) is 0 Å². The molecule has 1 fully saturated rings. The largest absolute Gasteiger partial charge is 0.462 e. The summed E-state index contributed by atoms with van der Waals surface area (Å²) in [6.45, 7) is 9.28. The minimum Gasteiger partial charge on any atom is -0.462 e. The molecule has 1 saturated heterocycles. The zero-order valence-corrected chi connectivity index (χ0v) is 19.4. The van der Waals surface area contributed by atoms with E-state index in [4.69, 9.17) is 9.72 Å². The number of nitrogens with zero attached hydrogens (tertiary/aromatic N) is 4. The zero-order valence-electron chi connectivity index (χ0n) is 18.6. The van der Waals surface area contributed by atoms with Crippen molar-refractivity contribution in [2.24, 2.45) is 0 Å². The lowest BCUT2D eigenvalue weighted by Gasteiger charge is -2.35. The molecule has 1 aliphatic rings. The average molecular weight is 454 g/mol. The summed E-state index contributed by atoms with van der Waals surface area (Å²) in [6, 6.07) is 9.49. The van der Waals surface area contributed by atoms with Gasteiger partial charge in [-0.05, 0) is 38.5 Å². The molecule has 1 aliphatic heterocycles. The number of hydrogen-bond acceptors (Lipinski definition) is 8. The summed E-state index contributed by atoms with van der Waals surface area (Å²) in [7, 11) is 0. The molecule has 0 spiro atoms. The number of fused-ring (bicyclic) bond motifs is 1. The number of esters is 1. The van der Waals surface area contributed by atoms with Crippen molar-refractivity contribution >= 4 is 44.9 Å². The summed E-state index contributed by atoms with van der Waals surface area (Å²) in [5, 5.41) is 3.85. The first-order valence-electron chi connectivity index (χ1n) is 10.7. The van der Waals surface area contributed by atoms with Crippen molar-refractivity contribution in [2.45, 2.75) is 20.8 Å². The Morgan fingerprint density at radius 1 is 1.09 bits per heavy atom. The molecular weight excluding hydrogens is 426 g/mol. The number of amides is 1. The number of rotatable bonds is 6. The first kappa shape index (κ1) is 22.2. The standard InChI is InChI=1S/C23H27N5O3S/c1-4-31-23(30)20-15(2)19-21(24-16(3)25-22(19)32-20)28-12-10-27(11-13-28)14-18(29)26-17-8-6-5-7-9-17/h5-9H,4,10-14H2,1-3H3,(H,26,29). The van der Waals surface area contributed by atoms with Crippen molar-refractivity contribution in [3.63, 3.8) is 0 Å². The van der Waals surface area contributed by atoms with E-state index in [1.54, 1.807) is 6.92 Å². The molecule has 4 rings (SSSR count). The number of benzene rings is 1. The Morgan fingerprint density at radius 3 is 2.50 bits per heavy atom. The highest BCUT2D eigenvalue weighted by atomic mass is 32.1. The Hall–Kier alpha value is -3.04. The number of aromatic nitrogens is 2. The van der Waals surface area contributed by atoms with E-state index in [0.717, 1.165) is 53.5 Å². The maximum atomic E-state index is 12.4. The molecule has 168 valence electrons. The summed E-state index contributed by atoms with van der Waals surface area (Å²) in [6.07, 6.45) is 0. The van der Waals surface area contributed by atoms with Crippen molar-refractivity contribution in [3.05, 3.63) is 46.6 Å². The summed E-state index contributed by atoms with van der Waals surface area (Å²) < 4.78 is 5.21. The van der Waals surface area contributed by atoms with Crippen molar-refractivity contribution in [3.8, 4) is 0 Å². The average Bonchev–Trinajstić information content (AvgIpc) is 3.11. The van der Waals surface area contributed by atoms with Crippen LogP contribution in [0.15, 0.2) is 30.3 Å². The van der Waals surface area contributed by atoms with Gasteiger partial charge in [-0.25, -0.2) is 14.8 Å². The van der Waals surface area contributed by atoms with Crippen molar-refractivity contribution in [2.75, 3.05) is 49.5 Å². The molecule has 0 atom stereocenters. The highest BCUT2D eigenvalue weighted by Crippen LogP contribution is 2.36. The molecule has 0 bridgehead atoms. The van der Waals surface area contributed by atoms with Crippen LogP contribution in [-0.2, 0) is 9.53 Å². The van der Waals surface area contributed by atoms with Crippen LogP contribution in [0.5, 0.6) is 0 Å². The summed E-state index contributed by atoms with van der Waals surface area (Å²) >= 11 is 1.36. The lowest BCUT2D eigenvalue weighted by Crippen LogP contribution is -2.49. The van der Waals surface area contributed by atoms with Gasteiger partial charge in [-0.15, -0.1) is 11.3 Å². The highest BCUT2D eigenvalue weighted by molar-refractivity contribution is 7.20. The molecule has 1 N–H and O–H groups in total. The van der Waals surface area contributed by atoms with Crippen molar-refractivity contribution in [1.29, 1.82) is 0 Å². The summed E-state index contributed by atoms with van der Waals surface area (Å²) in [5.41, 5.74) is 1.67. The van der Waals surface area contributed by atoms with Crippen LogP contribution in [0.4, 0.5) is 11.5 Å². The number of piperazine rings is 1. The molecule has 1 amide bonds. The van der Waals surface area contributed by atoms with Crippen LogP contribution in [0.3, 0.4) is 0 Å². The van der Waals surface area contributed by atoms with Gasteiger partial charge in [0.05, 0.1) is 18.5 Å². The lowest BCUT2D eigenvalue weighted by molar-refractivity contribution is -0.117. The SMILES string of the molecule is CCOC(=O)c1sc2nc(C)nc(N3CCN(CC(=O)Nc4ccccc4)CC3)c2c1C. The maximum absolute atomic E-state index is 12.4. The topological polar surface area (TPSA) is 87.7 Å². The third kappa shape index (κ3) is 4.73. The second-order valence-electron chi connectivity index (χ2n) is 7.73. The Balaban J connectivity index is 1.46. The van der Waals surface area contributed by atoms with E-state index >= 15 is 0 Å². The number of hydrogen-bond donors (Lipinski definition) is 1. The molecule has 9 heteroatoms. The first-order valence-corrected chi connectivity index (χ1v) is 11.5. The molecule has 0 saturated carbocycles. The molecule has 0 radical (unpaired) electrons. The summed E-state index contributed by atoms with van der Waals surface area (Å²) in [4.78, 5) is 39.8. The van der Waals surface area contributed by atoms with E-state index in [2.05, 4.69) is 20.1 Å². The predicted octanol–water partition coefficient (Wildman–Crippen LogP) is 3.25. The number of carbonyl (C=O) groups is 2. The van der Waals surface area contributed by atoms with Gasteiger partial charge >= 0.3 is 5.97 Å². The quantitative estimate of drug-likeness (QED) is 0.573. The van der Waals surface area contributed by atoms with Gasteiger partial charge in [0.2, 0.25) is 5.91 Å². The van der Waals surface area contributed by atoms with E-state index in [1.807, 2.05) is 44.2 Å². The molecular formula is C23H27N5O3S. The van der Waals surface area contributed by atoms with Crippen LogP contribution in [0, 0.1) is 13.8 Å². The summed E-state index contributed by atoms with van der Waals surface area (Å²) in [5.74, 6) is 1.20. The molecule has 1 aromatic carbocycles. The minimum absolute atomic E-state index is 0.0160. The third-order valence-electron chi connectivity index (χ3n) is 5.44. The van der Waals surface area contributed by atoms with Gasteiger partial charge < -0.3 is 15.0 Å². The Bertz CT molecular complexity index is 1120. The molecule has 2 aromatic heterocycles. The van der Waals surface area contributed by atoms with Crippen LogP contribution >= 0.6 is 11.3 Å². The predicted molar refractivity (Wildman–Crippen MR) is 127 cm³/mol. The molecule has 3 heterocycles. The number of para-hydroxylation sites is 1. The van der Waals surface area contributed by atoms with Gasteiger partial charge in [0, 0.05) is 31.9 Å². The van der Waals surface area contributed by atoms with Gasteiger partial charge in [-0.2, -0.15) is 0 Å². The van der Waals surface area contributed by atoms with E-state index in [1.165, 1.54) is 11.3 Å². The normalized spacial score (nSPS) is 14.5. The number of nitrogens with one attached hydrogen (secondary N) is 1. The first-order chi connectivity index (χ1) is 15.5. The smallest absolute Gasteiger partial charge is 0.348 e. The molecule has 0 unspecified atom stereocenters. The Morgan fingerprint density at radius 2 is 1.81 bits per heavy atom. The molecule has 0 aliphatic carbocycles. The number of anilines is 2. The van der Waals surface area contributed by atoms with Crippen LogP contribution in [0.1, 0.15) is 28.0 Å².